The lowest BCUT2D eigenvalue weighted by molar-refractivity contribution is 0.0939. The standard InChI is InChI=1S/C20H19ClN4O3/c1-28-7-6-25-17-5-3-14(21)9-13(17)10-18(25)19(26)22-11-12-2-4-15-16(8-12)24-20(27)23-15/h2-5,8-10H,6-7,11H2,1H3,(H,22,26)(H2,23,24,27). The fourth-order valence-corrected chi connectivity index (χ4v) is 3.50. The minimum Gasteiger partial charge on any atom is -0.383 e. The van der Waals surface area contributed by atoms with E-state index in [1.54, 1.807) is 7.11 Å². The number of carbonyl (C=O) groups excluding carboxylic acids is 1. The highest BCUT2D eigenvalue weighted by atomic mass is 35.5. The van der Waals surface area contributed by atoms with Crippen LogP contribution in [0.1, 0.15) is 16.1 Å². The van der Waals surface area contributed by atoms with E-state index in [0.717, 1.165) is 22.0 Å². The van der Waals surface area contributed by atoms with Crippen LogP contribution in [0.15, 0.2) is 47.3 Å². The molecule has 7 nitrogen and oxygen atoms in total. The molecule has 4 aromatic rings. The molecule has 0 atom stereocenters. The number of halogens is 1. The van der Waals surface area contributed by atoms with Crippen LogP contribution in [-0.2, 0) is 17.8 Å². The quantitative estimate of drug-likeness (QED) is 0.466. The summed E-state index contributed by atoms with van der Waals surface area (Å²) in [5.41, 5.74) is 3.55. The van der Waals surface area contributed by atoms with Crippen LogP contribution in [0.3, 0.4) is 0 Å². The van der Waals surface area contributed by atoms with Crippen LogP contribution in [0.2, 0.25) is 5.02 Å². The second kappa shape index (κ2) is 7.53. The first kappa shape index (κ1) is 18.3. The lowest BCUT2D eigenvalue weighted by Crippen LogP contribution is -2.26. The molecule has 2 heterocycles. The summed E-state index contributed by atoms with van der Waals surface area (Å²) in [6.45, 7) is 1.39. The largest absolute Gasteiger partial charge is 0.383 e. The maximum Gasteiger partial charge on any atom is 0.323 e. The van der Waals surface area contributed by atoms with Gasteiger partial charge in [-0.05, 0) is 42.0 Å². The van der Waals surface area contributed by atoms with Crippen molar-refractivity contribution in [2.45, 2.75) is 13.1 Å². The van der Waals surface area contributed by atoms with E-state index < -0.39 is 0 Å². The Kier molecular flexibility index (Phi) is 4.93. The minimum atomic E-state index is -0.252. The molecule has 4 rings (SSSR count). The predicted molar refractivity (Wildman–Crippen MR) is 109 cm³/mol. The molecule has 0 radical (unpaired) electrons. The van der Waals surface area contributed by atoms with Crippen molar-refractivity contribution in [3.05, 3.63) is 69.2 Å². The van der Waals surface area contributed by atoms with Gasteiger partial charge in [0.25, 0.3) is 5.91 Å². The number of rotatable bonds is 6. The third-order valence-electron chi connectivity index (χ3n) is 4.65. The highest BCUT2D eigenvalue weighted by molar-refractivity contribution is 6.31. The average Bonchev–Trinajstić information content (AvgIpc) is 3.22. The van der Waals surface area contributed by atoms with E-state index in [1.165, 1.54) is 0 Å². The van der Waals surface area contributed by atoms with Gasteiger partial charge in [0.1, 0.15) is 5.69 Å². The Labute approximate surface area is 165 Å². The van der Waals surface area contributed by atoms with Gasteiger partial charge in [-0.15, -0.1) is 0 Å². The number of hydrogen-bond donors (Lipinski definition) is 3. The fourth-order valence-electron chi connectivity index (χ4n) is 3.32. The summed E-state index contributed by atoms with van der Waals surface area (Å²) in [5, 5.41) is 4.47. The molecule has 3 N–H and O–H groups in total. The fraction of sp³-hybridized carbons (Fsp3) is 0.200. The highest BCUT2D eigenvalue weighted by Crippen LogP contribution is 2.24. The van der Waals surface area contributed by atoms with Crippen molar-refractivity contribution in [1.29, 1.82) is 0 Å². The second-order valence-electron chi connectivity index (χ2n) is 6.52. The van der Waals surface area contributed by atoms with Crippen molar-refractivity contribution in [3.8, 4) is 0 Å². The zero-order chi connectivity index (χ0) is 19.7. The summed E-state index contributed by atoms with van der Waals surface area (Å²) in [6, 6.07) is 12.9. The lowest BCUT2D eigenvalue weighted by atomic mass is 10.2. The number of benzene rings is 2. The first-order valence-electron chi connectivity index (χ1n) is 8.82. The van der Waals surface area contributed by atoms with Crippen LogP contribution < -0.4 is 11.0 Å². The Balaban J connectivity index is 1.59. The molecule has 0 saturated carbocycles. The first-order chi connectivity index (χ1) is 13.5. The molecule has 0 aliphatic rings. The molecular weight excluding hydrogens is 380 g/mol. The van der Waals surface area contributed by atoms with Crippen LogP contribution in [0.5, 0.6) is 0 Å². The Morgan fingerprint density at radius 2 is 1.96 bits per heavy atom. The molecule has 28 heavy (non-hydrogen) atoms. The van der Waals surface area contributed by atoms with Gasteiger partial charge >= 0.3 is 5.69 Å². The monoisotopic (exact) mass is 398 g/mol. The predicted octanol–water partition coefficient (Wildman–Crippen LogP) is 3.04. The number of imidazole rings is 1. The van der Waals surface area contributed by atoms with Gasteiger partial charge in [0.15, 0.2) is 0 Å². The maximum atomic E-state index is 12.9. The minimum absolute atomic E-state index is 0.189. The van der Waals surface area contributed by atoms with Crippen molar-refractivity contribution in [2.24, 2.45) is 0 Å². The van der Waals surface area contributed by atoms with Crippen molar-refractivity contribution >= 4 is 39.4 Å². The zero-order valence-electron chi connectivity index (χ0n) is 15.2. The smallest absolute Gasteiger partial charge is 0.323 e. The number of nitrogens with one attached hydrogen (secondary N) is 3. The molecule has 8 heteroatoms. The number of H-pyrrole nitrogens is 2. The number of ether oxygens (including phenoxy) is 1. The molecule has 0 saturated heterocycles. The zero-order valence-corrected chi connectivity index (χ0v) is 16.0. The third kappa shape index (κ3) is 3.54. The molecule has 0 aliphatic heterocycles. The van der Waals surface area contributed by atoms with E-state index in [2.05, 4.69) is 15.3 Å². The summed E-state index contributed by atoms with van der Waals surface area (Å²) in [5.74, 6) is -0.189. The van der Waals surface area contributed by atoms with E-state index in [4.69, 9.17) is 16.3 Å². The number of aromatic amines is 2. The Morgan fingerprint density at radius 1 is 1.14 bits per heavy atom. The summed E-state index contributed by atoms with van der Waals surface area (Å²) in [7, 11) is 1.63. The van der Waals surface area contributed by atoms with Crippen molar-refractivity contribution in [2.75, 3.05) is 13.7 Å². The number of amides is 1. The van der Waals surface area contributed by atoms with Gasteiger partial charge in [0.05, 0.1) is 17.6 Å². The molecular formula is C20H19ClN4O3. The summed E-state index contributed by atoms with van der Waals surface area (Å²) in [6.07, 6.45) is 0. The summed E-state index contributed by atoms with van der Waals surface area (Å²) < 4.78 is 7.11. The van der Waals surface area contributed by atoms with E-state index in [1.807, 2.05) is 47.0 Å². The molecule has 0 aliphatic carbocycles. The van der Waals surface area contributed by atoms with Crippen LogP contribution in [0.4, 0.5) is 0 Å². The van der Waals surface area contributed by atoms with Crippen molar-refractivity contribution < 1.29 is 9.53 Å². The van der Waals surface area contributed by atoms with Gasteiger partial charge in [0, 0.05) is 36.1 Å². The number of methoxy groups -OCH3 is 1. The van der Waals surface area contributed by atoms with Crippen LogP contribution in [-0.4, -0.2) is 34.2 Å². The summed E-state index contributed by atoms with van der Waals surface area (Å²) >= 11 is 6.09. The molecule has 0 unspecified atom stereocenters. The highest BCUT2D eigenvalue weighted by Gasteiger charge is 2.16. The van der Waals surface area contributed by atoms with Crippen molar-refractivity contribution in [3.63, 3.8) is 0 Å². The average molecular weight is 399 g/mol. The van der Waals surface area contributed by atoms with Gasteiger partial charge in [0.2, 0.25) is 0 Å². The molecule has 144 valence electrons. The normalized spacial score (nSPS) is 11.4. The molecule has 0 fully saturated rings. The number of carbonyl (C=O) groups is 1. The number of nitrogens with zero attached hydrogens (tertiary/aromatic N) is 1. The van der Waals surface area contributed by atoms with Gasteiger partial charge in [-0.3, -0.25) is 4.79 Å². The number of fused-ring (bicyclic) bond motifs is 2. The maximum absolute atomic E-state index is 12.9. The van der Waals surface area contributed by atoms with Gasteiger partial charge in [-0.1, -0.05) is 17.7 Å². The SMILES string of the molecule is COCCn1c(C(=O)NCc2ccc3[nH]c(=O)[nH]c3c2)cc2cc(Cl)ccc21. The Bertz CT molecular complexity index is 1220. The van der Waals surface area contributed by atoms with Gasteiger partial charge < -0.3 is 24.6 Å². The van der Waals surface area contributed by atoms with E-state index in [-0.39, 0.29) is 11.6 Å². The van der Waals surface area contributed by atoms with Crippen LogP contribution in [0, 0.1) is 0 Å². The van der Waals surface area contributed by atoms with E-state index in [0.29, 0.717) is 35.9 Å². The van der Waals surface area contributed by atoms with Gasteiger partial charge in [-0.25, -0.2) is 4.79 Å². The number of hydrogen-bond acceptors (Lipinski definition) is 3. The molecule has 0 spiro atoms. The second-order valence-corrected chi connectivity index (χ2v) is 6.96. The Hall–Kier alpha value is -3.03. The molecule has 2 aromatic heterocycles. The Morgan fingerprint density at radius 3 is 2.79 bits per heavy atom. The van der Waals surface area contributed by atoms with Crippen LogP contribution in [0.25, 0.3) is 21.9 Å². The third-order valence-corrected chi connectivity index (χ3v) is 4.88. The molecule has 1 amide bonds. The molecule has 0 bridgehead atoms. The molecule has 2 aromatic carbocycles. The topological polar surface area (TPSA) is 91.9 Å². The van der Waals surface area contributed by atoms with E-state index in [9.17, 15) is 9.59 Å². The number of aromatic nitrogens is 3. The van der Waals surface area contributed by atoms with E-state index >= 15 is 0 Å². The van der Waals surface area contributed by atoms with Crippen LogP contribution >= 0.6 is 11.6 Å². The van der Waals surface area contributed by atoms with Crippen molar-refractivity contribution in [1.82, 2.24) is 19.9 Å². The summed E-state index contributed by atoms with van der Waals surface area (Å²) in [4.78, 5) is 29.7. The lowest BCUT2D eigenvalue weighted by Gasteiger charge is -2.11. The van der Waals surface area contributed by atoms with Gasteiger partial charge in [-0.2, -0.15) is 0 Å². The first-order valence-corrected chi connectivity index (χ1v) is 9.20.